The molecule has 0 radical (unpaired) electrons. The van der Waals surface area contributed by atoms with E-state index in [1.807, 2.05) is 12.1 Å². The van der Waals surface area contributed by atoms with Gasteiger partial charge < -0.3 is 0 Å². The lowest BCUT2D eigenvalue weighted by Crippen LogP contribution is -1.89. The van der Waals surface area contributed by atoms with Crippen LogP contribution >= 0.6 is 27.5 Å². The fourth-order valence-electron chi connectivity index (χ4n) is 1.08. The lowest BCUT2D eigenvalue weighted by Gasteiger charge is -2.02. The Kier molecular flexibility index (Phi) is 4.54. The Morgan fingerprint density at radius 2 is 2.23 bits per heavy atom. The van der Waals surface area contributed by atoms with Gasteiger partial charge in [-0.05, 0) is 30.5 Å². The lowest BCUT2D eigenvalue weighted by molar-refractivity contribution is 0.947. The van der Waals surface area contributed by atoms with E-state index >= 15 is 0 Å². The van der Waals surface area contributed by atoms with Crippen LogP contribution in [0.15, 0.2) is 40.9 Å². The molecule has 1 aromatic carbocycles. The first kappa shape index (κ1) is 10.8. The number of alkyl halides is 1. The van der Waals surface area contributed by atoms with Crippen molar-refractivity contribution in [2.45, 2.75) is 12.8 Å². The van der Waals surface area contributed by atoms with Gasteiger partial charge >= 0.3 is 0 Å². The number of rotatable bonds is 4. The van der Waals surface area contributed by atoms with Crippen LogP contribution in [0.5, 0.6) is 0 Å². The molecule has 0 bridgehead atoms. The van der Waals surface area contributed by atoms with Crippen LogP contribution in [0, 0.1) is 0 Å². The summed E-state index contributed by atoms with van der Waals surface area (Å²) in [6, 6.07) is 8.32. The highest BCUT2D eigenvalue weighted by Gasteiger charge is 1.96. The van der Waals surface area contributed by atoms with Crippen molar-refractivity contribution in [1.29, 1.82) is 0 Å². The van der Waals surface area contributed by atoms with Crippen LogP contribution in [0.4, 0.5) is 0 Å². The maximum Gasteiger partial charge on any atom is 0.0431 e. The number of benzene rings is 1. The van der Waals surface area contributed by atoms with Crippen LogP contribution in [0.25, 0.3) is 0 Å². The van der Waals surface area contributed by atoms with Crippen LogP contribution < -0.4 is 0 Å². The standard InChI is InChI=1S/C11H12BrCl/c1-9(8-13)5-6-10-3-2-4-11(12)7-10/h2-4,7H,1,5-6,8H2. The fourth-order valence-corrected chi connectivity index (χ4v) is 1.66. The Labute approximate surface area is 92.7 Å². The predicted molar refractivity (Wildman–Crippen MR) is 62.3 cm³/mol. The molecule has 0 saturated heterocycles. The fraction of sp³-hybridized carbons (Fsp3) is 0.273. The molecule has 2 heteroatoms. The minimum absolute atomic E-state index is 0.563. The molecule has 0 spiro atoms. The second-order valence-electron chi connectivity index (χ2n) is 3.01. The van der Waals surface area contributed by atoms with Gasteiger partial charge in [0.15, 0.2) is 0 Å². The van der Waals surface area contributed by atoms with Crippen molar-refractivity contribution in [2.75, 3.05) is 5.88 Å². The van der Waals surface area contributed by atoms with Crippen LogP contribution in [0.1, 0.15) is 12.0 Å². The average Bonchev–Trinajstić information content (AvgIpc) is 2.14. The Hall–Kier alpha value is -0.270. The molecule has 0 heterocycles. The maximum atomic E-state index is 5.64. The predicted octanol–water partition coefficient (Wildman–Crippen LogP) is 4.18. The first-order valence-electron chi connectivity index (χ1n) is 4.19. The normalized spacial score (nSPS) is 10.0. The van der Waals surface area contributed by atoms with Crippen molar-refractivity contribution in [2.24, 2.45) is 0 Å². The molecular weight excluding hydrogens is 247 g/mol. The Morgan fingerprint density at radius 1 is 1.46 bits per heavy atom. The second-order valence-corrected chi connectivity index (χ2v) is 4.20. The smallest absolute Gasteiger partial charge is 0.0431 e. The molecule has 0 aromatic heterocycles. The molecule has 0 aliphatic heterocycles. The molecule has 0 nitrogen and oxygen atoms in total. The van der Waals surface area contributed by atoms with Crippen LogP contribution in [-0.2, 0) is 6.42 Å². The van der Waals surface area contributed by atoms with Gasteiger partial charge in [0.2, 0.25) is 0 Å². The summed E-state index contributed by atoms with van der Waals surface area (Å²) in [5.41, 5.74) is 2.42. The average molecular weight is 260 g/mol. The van der Waals surface area contributed by atoms with E-state index in [1.54, 1.807) is 0 Å². The van der Waals surface area contributed by atoms with Crippen molar-refractivity contribution in [3.63, 3.8) is 0 Å². The number of halogens is 2. The van der Waals surface area contributed by atoms with Crippen molar-refractivity contribution >= 4 is 27.5 Å². The van der Waals surface area contributed by atoms with Crippen LogP contribution in [0.3, 0.4) is 0 Å². The van der Waals surface area contributed by atoms with Crippen LogP contribution in [0.2, 0.25) is 0 Å². The highest BCUT2D eigenvalue weighted by molar-refractivity contribution is 9.10. The number of allylic oxidation sites excluding steroid dienone is 1. The quantitative estimate of drug-likeness (QED) is 0.562. The van der Waals surface area contributed by atoms with Gasteiger partial charge in [0.25, 0.3) is 0 Å². The summed E-state index contributed by atoms with van der Waals surface area (Å²) in [7, 11) is 0. The zero-order valence-electron chi connectivity index (χ0n) is 7.39. The third-order valence-corrected chi connectivity index (χ3v) is 2.72. The van der Waals surface area contributed by atoms with Crippen molar-refractivity contribution in [3.05, 3.63) is 46.5 Å². The first-order valence-corrected chi connectivity index (χ1v) is 5.52. The second kappa shape index (κ2) is 5.46. The topological polar surface area (TPSA) is 0 Å². The summed E-state index contributed by atoms with van der Waals surface area (Å²) >= 11 is 9.08. The minimum Gasteiger partial charge on any atom is -0.122 e. The highest BCUT2D eigenvalue weighted by Crippen LogP contribution is 2.14. The Morgan fingerprint density at radius 3 is 2.85 bits per heavy atom. The van der Waals surface area contributed by atoms with Crippen molar-refractivity contribution in [1.82, 2.24) is 0 Å². The van der Waals surface area contributed by atoms with E-state index in [1.165, 1.54) is 5.56 Å². The number of hydrogen-bond acceptors (Lipinski definition) is 0. The van der Waals surface area contributed by atoms with Crippen molar-refractivity contribution < 1.29 is 0 Å². The van der Waals surface area contributed by atoms with Gasteiger partial charge in [0, 0.05) is 10.4 Å². The zero-order valence-corrected chi connectivity index (χ0v) is 9.74. The summed E-state index contributed by atoms with van der Waals surface area (Å²) in [5, 5.41) is 0. The molecule has 1 aromatic rings. The van der Waals surface area contributed by atoms with Gasteiger partial charge in [-0.3, -0.25) is 0 Å². The van der Waals surface area contributed by atoms with Gasteiger partial charge in [-0.15, -0.1) is 11.6 Å². The molecular formula is C11H12BrCl. The summed E-state index contributed by atoms with van der Waals surface area (Å²) in [4.78, 5) is 0. The van der Waals surface area contributed by atoms with Gasteiger partial charge in [0.05, 0.1) is 0 Å². The third-order valence-electron chi connectivity index (χ3n) is 1.85. The first-order chi connectivity index (χ1) is 6.22. The largest absolute Gasteiger partial charge is 0.122 e. The van der Waals surface area contributed by atoms with E-state index in [9.17, 15) is 0 Å². The van der Waals surface area contributed by atoms with Gasteiger partial charge in [-0.25, -0.2) is 0 Å². The monoisotopic (exact) mass is 258 g/mol. The molecule has 0 aliphatic carbocycles. The molecule has 1 rings (SSSR count). The summed E-state index contributed by atoms with van der Waals surface area (Å²) in [6.45, 7) is 3.87. The van der Waals surface area contributed by atoms with E-state index in [0.29, 0.717) is 5.88 Å². The molecule has 0 atom stereocenters. The molecule has 0 aliphatic rings. The van der Waals surface area contributed by atoms with E-state index < -0.39 is 0 Å². The molecule has 0 saturated carbocycles. The van der Waals surface area contributed by atoms with Gasteiger partial charge in [0.1, 0.15) is 0 Å². The van der Waals surface area contributed by atoms with E-state index in [2.05, 4.69) is 34.6 Å². The zero-order chi connectivity index (χ0) is 9.68. The van der Waals surface area contributed by atoms with Gasteiger partial charge in [-0.1, -0.05) is 40.2 Å². The summed E-state index contributed by atoms with van der Waals surface area (Å²) < 4.78 is 1.13. The number of hydrogen-bond donors (Lipinski definition) is 0. The maximum absolute atomic E-state index is 5.64. The lowest BCUT2D eigenvalue weighted by atomic mass is 10.1. The van der Waals surface area contributed by atoms with E-state index in [4.69, 9.17) is 11.6 Å². The van der Waals surface area contributed by atoms with E-state index in [0.717, 1.165) is 22.9 Å². The van der Waals surface area contributed by atoms with Gasteiger partial charge in [-0.2, -0.15) is 0 Å². The summed E-state index contributed by atoms with van der Waals surface area (Å²) in [6.07, 6.45) is 1.99. The SMILES string of the molecule is C=C(CCl)CCc1cccc(Br)c1. The minimum atomic E-state index is 0.563. The van der Waals surface area contributed by atoms with E-state index in [-0.39, 0.29) is 0 Å². The third kappa shape index (κ3) is 3.97. The molecule has 13 heavy (non-hydrogen) atoms. The highest BCUT2D eigenvalue weighted by atomic mass is 79.9. The molecule has 0 fully saturated rings. The van der Waals surface area contributed by atoms with Crippen LogP contribution in [-0.4, -0.2) is 5.88 Å². The summed E-state index contributed by atoms with van der Waals surface area (Å²) in [5.74, 6) is 0.563. The Balaban J connectivity index is 2.50. The molecule has 0 amide bonds. The molecule has 0 unspecified atom stereocenters. The molecule has 0 N–H and O–H groups in total. The Bertz CT molecular complexity index is 294. The number of aryl methyl sites for hydroxylation is 1. The molecule has 70 valence electrons. The van der Waals surface area contributed by atoms with Crippen molar-refractivity contribution in [3.8, 4) is 0 Å².